The van der Waals surface area contributed by atoms with Gasteiger partial charge in [0.2, 0.25) is 0 Å². The first kappa shape index (κ1) is 17.7. The molecule has 2 aliphatic heterocycles. The topological polar surface area (TPSA) is 85.2 Å². The third kappa shape index (κ3) is 3.60. The van der Waals surface area contributed by atoms with Crippen molar-refractivity contribution in [2.75, 3.05) is 17.2 Å². The molecule has 0 bridgehead atoms. The molecular formula is C20H24N4O3. The van der Waals surface area contributed by atoms with Crippen LogP contribution in [0.2, 0.25) is 0 Å². The molecule has 1 fully saturated rings. The van der Waals surface area contributed by atoms with Crippen molar-refractivity contribution in [3.63, 3.8) is 0 Å². The molecule has 0 spiro atoms. The van der Waals surface area contributed by atoms with Crippen LogP contribution in [0.25, 0.3) is 0 Å². The highest BCUT2D eigenvalue weighted by Gasteiger charge is 2.24. The minimum absolute atomic E-state index is 0.155. The molecule has 1 aromatic carbocycles. The number of fused-ring (bicyclic) bond motifs is 1. The quantitative estimate of drug-likeness (QED) is 0.869. The SMILES string of the molecule is Cc1c(NC(=O)[C@H]2CCCO2)cccc1C(=O)Nc1cnc2n1CCCC2. The van der Waals surface area contributed by atoms with Gasteiger partial charge < -0.3 is 19.9 Å². The number of rotatable bonds is 4. The molecule has 2 amide bonds. The molecule has 2 N–H and O–H groups in total. The van der Waals surface area contributed by atoms with Crippen LogP contribution in [0.5, 0.6) is 0 Å². The van der Waals surface area contributed by atoms with Gasteiger partial charge in [-0.3, -0.25) is 9.59 Å². The number of aromatic nitrogens is 2. The molecule has 7 heteroatoms. The number of nitrogens with one attached hydrogen (secondary N) is 2. The van der Waals surface area contributed by atoms with Crippen LogP contribution in [0.15, 0.2) is 24.4 Å². The van der Waals surface area contributed by atoms with Gasteiger partial charge in [0, 0.05) is 30.8 Å². The Labute approximate surface area is 158 Å². The molecule has 142 valence electrons. The predicted octanol–water partition coefficient (Wildman–Crippen LogP) is 2.90. The fraction of sp³-hybridized carbons (Fsp3) is 0.450. The first-order valence-electron chi connectivity index (χ1n) is 9.51. The number of imidazole rings is 1. The van der Waals surface area contributed by atoms with Gasteiger partial charge in [-0.25, -0.2) is 4.98 Å². The molecule has 27 heavy (non-hydrogen) atoms. The number of carbonyl (C=O) groups excluding carboxylic acids is 2. The smallest absolute Gasteiger partial charge is 0.257 e. The molecule has 0 unspecified atom stereocenters. The summed E-state index contributed by atoms with van der Waals surface area (Å²) in [6.45, 7) is 3.34. The summed E-state index contributed by atoms with van der Waals surface area (Å²) in [6.07, 6.45) is 6.12. The molecule has 0 radical (unpaired) electrons. The van der Waals surface area contributed by atoms with Crippen molar-refractivity contribution < 1.29 is 14.3 Å². The van der Waals surface area contributed by atoms with Crippen LogP contribution in [0, 0.1) is 6.92 Å². The summed E-state index contributed by atoms with van der Waals surface area (Å²) in [4.78, 5) is 29.5. The van der Waals surface area contributed by atoms with Crippen molar-refractivity contribution in [3.8, 4) is 0 Å². The minimum atomic E-state index is -0.403. The van der Waals surface area contributed by atoms with E-state index in [0.29, 0.717) is 17.9 Å². The maximum Gasteiger partial charge on any atom is 0.257 e. The molecular weight excluding hydrogens is 344 g/mol. The van der Waals surface area contributed by atoms with Crippen LogP contribution >= 0.6 is 0 Å². The van der Waals surface area contributed by atoms with Crippen LogP contribution in [-0.4, -0.2) is 34.1 Å². The lowest BCUT2D eigenvalue weighted by molar-refractivity contribution is -0.124. The fourth-order valence-electron chi connectivity index (χ4n) is 3.71. The fourth-order valence-corrected chi connectivity index (χ4v) is 3.71. The molecule has 1 aromatic heterocycles. The largest absolute Gasteiger partial charge is 0.368 e. The molecule has 1 atom stereocenters. The van der Waals surface area contributed by atoms with Gasteiger partial charge in [0.25, 0.3) is 11.8 Å². The molecule has 0 saturated carbocycles. The zero-order valence-electron chi connectivity index (χ0n) is 15.5. The molecule has 2 aliphatic rings. The maximum atomic E-state index is 12.8. The highest BCUT2D eigenvalue weighted by atomic mass is 16.5. The number of nitrogens with zero attached hydrogens (tertiary/aromatic N) is 2. The Morgan fingerprint density at radius 1 is 1.22 bits per heavy atom. The number of anilines is 2. The number of aryl methyl sites for hydroxylation is 1. The summed E-state index contributed by atoms with van der Waals surface area (Å²) < 4.78 is 7.50. The molecule has 0 aliphatic carbocycles. The van der Waals surface area contributed by atoms with E-state index in [1.165, 1.54) is 0 Å². The summed E-state index contributed by atoms with van der Waals surface area (Å²) in [5.41, 5.74) is 1.91. The molecule has 1 saturated heterocycles. The zero-order chi connectivity index (χ0) is 18.8. The Morgan fingerprint density at radius 2 is 2.11 bits per heavy atom. The Balaban J connectivity index is 1.50. The van der Waals surface area contributed by atoms with E-state index in [1.54, 1.807) is 24.4 Å². The maximum absolute atomic E-state index is 12.8. The Kier molecular flexibility index (Phi) is 4.94. The van der Waals surface area contributed by atoms with Crippen LogP contribution in [0.1, 0.15) is 47.4 Å². The van der Waals surface area contributed by atoms with Crippen LogP contribution in [0.3, 0.4) is 0 Å². The third-order valence-electron chi connectivity index (χ3n) is 5.27. The summed E-state index contributed by atoms with van der Waals surface area (Å²) in [7, 11) is 0. The third-order valence-corrected chi connectivity index (χ3v) is 5.27. The number of carbonyl (C=O) groups is 2. The second-order valence-electron chi connectivity index (χ2n) is 7.09. The highest BCUT2D eigenvalue weighted by Crippen LogP contribution is 2.24. The van der Waals surface area contributed by atoms with Gasteiger partial charge in [0.1, 0.15) is 17.7 Å². The Morgan fingerprint density at radius 3 is 2.93 bits per heavy atom. The summed E-state index contributed by atoms with van der Waals surface area (Å²) in [5.74, 6) is 1.39. The summed E-state index contributed by atoms with van der Waals surface area (Å²) in [6, 6.07) is 5.35. The van der Waals surface area contributed by atoms with Crippen molar-refractivity contribution in [3.05, 3.63) is 41.3 Å². The lowest BCUT2D eigenvalue weighted by Crippen LogP contribution is -2.27. The number of benzene rings is 1. The van der Waals surface area contributed by atoms with Gasteiger partial charge in [0.05, 0.1) is 6.20 Å². The van der Waals surface area contributed by atoms with Gasteiger partial charge in [-0.15, -0.1) is 0 Å². The van der Waals surface area contributed by atoms with Crippen molar-refractivity contribution in [1.29, 1.82) is 0 Å². The van der Waals surface area contributed by atoms with Crippen molar-refractivity contribution in [2.24, 2.45) is 0 Å². The van der Waals surface area contributed by atoms with Crippen LogP contribution in [-0.2, 0) is 22.5 Å². The molecule has 7 nitrogen and oxygen atoms in total. The van der Waals surface area contributed by atoms with E-state index in [9.17, 15) is 9.59 Å². The highest BCUT2D eigenvalue weighted by molar-refractivity contribution is 6.06. The Bertz CT molecular complexity index is 868. The number of hydrogen-bond acceptors (Lipinski definition) is 4. The van der Waals surface area contributed by atoms with Crippen molar-refractivity contribution in [2.45, 2.75) is 51.7 Å². The average Bonchev–Trinajstić information content (AvgIpc) is 3.34. The van der Waals surface area contributed by atoms with E-state index in [-0.39, 0.29) is 11.8 Å². The lowest BCUT2D eigenvalue weighted by atomic mass is 10.1. The molecule has 4 rings (SSSR count). The van der Waals surface area contributed by atoms with Gasteiger partial charge in [0.15, 0.2) is 0 Å². The van der Waals surface area contributed by atoms with Crippen molar-refractivity contribution in [1.82, 2.24) is 9.55 Å². The van der Waals surface area contributed by atoms with E-state index in [2.05, 4.69) is 20.2 Å². The Hall–Kier alpha value is -2.67. The van der Waals surface area contributed by atoms with Gasteiger partial charge >= 0.3 is 0 Å². The van der Waals surface area contributed by atoms with Crippen molar-refractivity contribution >= 4 is 23.3 Å². The average molecular weight is 368 g/mol. The van der Waals surface area contributed by atoms with Gasteiger partial charge in [-0.05, 0) is 50.3 Å². The number of amides is 2. The zero-order valence-corrected chi connectivity index (χ0v) is 15.5. The first-order chi connectivity index (χ1) is 13.1. The van der Waals surface area contributed by atoms with Crippen LogP contribution in [0.4, 0.5) is 11.5 Å². The molecule has 2 aromatic rings. The predicted molar refractivity (Wildman–Crippen MR) is 102 cm³/mol. The second-order valence-corrected chi connectivity index (χ2v) is 7.09. The minimum Gasteiger partial charge on any atom is -0.368 e. The van der Waals surface area contributed by atoms with E-state index in [1.807, 2.05) is 6.92 Å². The number of ether oxygens (including phenoxy) is 1. The summed E-state index contributed by atoms with van der Waals surface area (Å²) >= 11 is 0. The van der Waals surface area contributed by atoms with E-state index < -0.39 is 6.10 Å². The second kappa shape index (κ2) is 7.52. The standard InChI is InChI=1S/C20H24N4O3/c1-13-14(6-4-7-15(13)22-20(26)16-8-5-11-27-16)19(25)23-18-12-21-17-9-2-3-10-24(17)18/h4,6-7,12,16H,2-3,5,8-11H2,1H3,(H,22,26)(H,23,25)/t16-/m1/s1. The van der Waals surface area contributed by atoms with Crippen LogP contribution < -0.4 is 10.6 Å². The normalized spacial score (nSPS) is 18.8. The summed E-state index contributed by atoms with van der Waals surface area (Å²) in [5, 5.41) is 5.86. The van der Waals surface area contributed by atoms with E-state index in [4.69, 9.17) is 4.74 Å². The monoisotopic (exact) mass is 368 g/mol. The lowest BCUT2D eigenvalue weighted by Gasteiger charge is -2.17. The number of hydrogen-bond donors (Lipinski definition) is 2. The van der Waals surface area contributed by atoms with E-state index >= 15 is 0 Å². The van der Waals surface area contributed by atoms with E-state index in [0.717, 1.165) is 55.9 Å². The van der Waals surface area contributed by atoms with Gasteiger partial charge in [-0.1, -0.05) is 6.07 Å². The molecule has 3 heterocycles. The first-order valence-corrected chi connectivity index (χ1v) is 9.51. The van der Waals surface area contributed by atoms with Gasteiger partial charge in [-0.2, -0.15) is 0 Å².